The third-order valence-electron chi connectivity index (χ3n) is 5.83. The summed E-state index contributed by atoms with van der Waals surface area (Å²) in [5, 5.41) is 25.6. The normalized spacial score (nSPS) is 13.4. The van der Waals surface area contributed by atoms with Crippen LogP contribution in [0, 0.1) is 0 Å². The summed E-state index contributed by atoms with van der Waals surface area (Å²) in [4.78, 5) is 0. The van der Waals surface area contributed by atoms with Gasteiger partial charge in [-0.25, -0.2) is 0 Å². The highest BCUT2D eigenvalue weighted by molar-refractivity contribution is 5.78. The van der Waals surface area contributed by atoms with Crippen LogP contribution in [-0.4, -0.2) is 10.2 Å². The molecule has 0 aliphatic rings. The number of nitrogens with one attached hydrogen (secondary N) is 1. The van der Waals surface area contributed by atoms with Crippen molar-refractivity contribution in [2.75, 3.05) is 5.32 Å². The quantitative estimate of drug-likeness (QED) is 0.427. The second kappa shape index (κ2) is 7.76. The zero-order chi connectivity index (χ0) is 24.2. The van der Waals surface area contributed by atoms with E-state index in [0.29, 0.717) is 11.4 Å². The number of rotatable bonds is 2. The van der Waals surface area contributed by atoms with Gasteiger partial charge in [-0.3, -0.25) is 0 Å². The Balaban J connectivity index is 2.79. The van der Waals surface area contributed by atoms with Gasteiger partial charge < -0.3 is 15.5 Å². The molecule has 3 nitrogen and oxygen atoms in total. The second-order valence-corrected chi connectivity index (χ2v) is 13.0. The average molecular weight is 426 g/mol. The Morgan fingerprint density at radius 2 is 0.774 bits per heavy atom. The first-order valence-electron chi connectivity index (χ1n) is 11.3. The Morgan fingerprint density at radius 1 is 0.484 bits per heavy atom. The maximum atomic E-state index is 11.1. The summed E-state index contributed by atoms with van der Waals surface area (Å²) >= 11 is 0. The number of anilines is 2. The molecule has 0 bridgehead atoms. The summed E-state index contributed by atoms with van der Waals surface area (Å²) in [5.74, 6) is 0.410. The molecule has 0 atom stereocenters. The molecule has 0 heterocycles. The lowest BCUT2D eigenvalue weighted by molar-refractivity contribution is 0.465. The Hall–Kier alpha value is -2.16. The van der Waals surface area contributed by atoms with E-state index in [2.05, 4.69) is 101 Å². The lowest BCUT2D eigenvalue weighted by Gasteiger charge is -2.31. The zero-order valence-corrected chi connectivity index (χ0v) is 21.7. The van der Waals surface area contributed by atoms with Crippen LogP contribution in [0.1, 0.15) is 105 Å². The minimum Gasteiger partial charge on any atom is -0.506 e. The molecule has 0 unspecified atom stereocenters. The molecule has 2 aromatic carbocycles. The minimum atomic E-state index is -0.191. The van der Waals surface area contributed by atoms with E-state index in [0.717, 1.165) is 22.3 Å². The van der Waals surface area contributed by atoms with Crippen molar-refractivity contribution in [3.63, 3.8) is 0 Å². The summed E-state index contributed by atoms with van der Waals surface area (Å²) in [6, 6.07) is 8.04. The smallest absolute Gasteiger partial charge is 0.139 e. The standard InChI is InChI=1S/C28H43NO2/c1-25(2,3)17-13-19(27(7,8)9)23(21(30)15-17)29-24-20(28(10,11)12)14-18(16-22(24)31)26(4,5)6/h13-16,29-31H,1-12H3. The molecular formula is C28H43NO2. The van der Waals surface area contributed by atoms with E-state index in [-0.39, 0.29) is 33.2 Å². The zero-order valence-electron chi connectivity index (χ0n) is 21.7. The number of hydrogen-bond donors (Lipinski definition) is 3. The summed E-state index contributed by atoms with van der Waals surface area (Å²) in [5.41, 5.74) is 5.00. The van der Waals surface area contributed by atoms with Crippen LogP contribution in [0.2, 0.25) is 0 Å². The predicted octanol–water partition coefficient (Wildman–Crippen LogP) is 8.03. The van der Waals surface area contributed by atoms with Crippen molar-refractivity contribution in [2.24, 2.45) is 0 Å². The van der Waals surface area contributed by atoms with Crippen molar-refractivity contribution in [3.8, 4) is 11.5 Å². The molecule has 0 amide bonds. The molecule has 3 N–H and O–H groups in total. The molecule has 0 saturated carbocycles. The molecule has 0 radical (unpaired) electrons. The SMILES string of the molecule is CC(C)(C)c1cc(O)c(Nc2c(O)cc(C(C)(C)C)cc2C(C)(C)C)c(C(C)(C)C)c1. The fraction of sp³-hybridized carbons (Fsp3) is 0.571. The first-order chi connectivity index (χ1) is 13.7. The first-order valence-corrected chi connectivity index (χ1v) is 11.3. The molecule has 2 aromatic rings. The van der Waals surface area contributed by atoms with Crippen molar-refractivity contribution in [1.82, 2.24) is 0 Å². The van der Waals surface area contributed by atoms with E-state index in [9.17, 15) is 10.2 Å². The monoisotopic (exact) mass is 425 g/mol. The van der Waals surface area contributed by atoms with Gasteiger partial charge in [0.15, 0.2) is 0 Å². The molecular weight excluding hydrogens is 382 g/mol. The van der Waals surface area contributed by atoms with Crippen LogP contribution in [0.25, 0.3) is 0 Å². The molecule has 0 aromatic heterocycles. The van der Waals surface area contributed by atoms with Crippen molar-refractivity contribution >= 4 is 11.4 Å². The second-order valence-electron chi connectivity index (χ2n) is 13.0. The van der Waals surface area contributed by atoms with E-state index in [1.807, 2.05) is 12.1 Å². The third kappa shape index (κ3) is 5.56. The van der Waals surface area contributed by atoms with Crippen LogP contribution in [-0.2, 0) is 21.7 Å². The van der Waals surface area contributed by atoms with Gasteiger partial charge in [0, 0.05) is 0 Å². The third-order valence-corrected chi connectivity index (χ3v) is 5.83. The van der Waals surface area contributed by atoms with Gasteiger partial charge in [-0.1, -0.05) is 95.2 Å². The maximum absolute atomic E-state index is 11.1. The van der Waals surface area contributed by atoms with Gasteiger partial charge in [-0.2, -0.15) is 0 Å². The Morgan fingerprint density at radius 3 is 1.00 bits per heavy atom. The van der Waals surface area contributed by atoms with Gasteiger partial charge >= 0.3 is 0 Å². The number of benzene rings is 2. The highest BCUT2D eigenvalue weighted by Crippen LogP contribution is 2.46. The van der Waals surface area contributed by atoms with Gasteiger partial charge in [0.05, 0.1) is 11.4 Å². The lowest BCUT2D eigenvalue weighted by Crippen LogP contribution is -2.20. The molecule has 0 saturated heterocycles. The molecule has 0 spiro atoms. The molecule has 2 rings (SSSR count). The number of phenols is 2. The van der Waals surface area contributed by atoms with Crippen LogP contribution in [0.4, 0.5) is 11.4 Å². The highest BCUT2D eigenvalue weighted by atomic mass is 16.3. The van der Waals surface area contributed by atoms with E-state index in [4.69, 9.17) is 0 Å². The molecule has 0 aliphatic carbocycles. The predicted molar refractivity (Wildman–Crippen MR) is 134 cm³/mol. The summed E-state index contributed by atoms with van der Waals surface area (Å²) in [6.45, 7) is 25.8. The van der Waals surface area contributed by atoms with Crippen molar-refractivity contribution < 1.29 is 10.2 Å². The van der Waals surface area contributed by atoms with Gasteiger partial charge in [0.25, 0.3) is 0 Å². The molecule has 0 fully saturated rings. The van der Waals surface area contributed by atoms with Crippen LogP contribution >= 0.6 is 0 Å². The van der Waals surface area contributed by atoms with Gasteiger partial charge in [0.2, 0.25) is 0 Å². The summed E-state index contributed by atoms with van der Waals surface area (Å²) in [6.07, 6.45) is 0. The summed E-state index contributed by atoms with van der Waals surface area (Å²) < 4.78 is 0. The molecule has 0 aliphatic heterocycles. The topological polar surface area (TPSA) is 52.5 Å². The van der Waals surface area contributed by atoms with Crippen molar-refractivity contribution in [1.29, 1.82) is 0 Å². The summed E-state index contributed by atoms with van der Waals surface area (Å²) in [7, 11) is 0. The van der Waals surface area contributed by atoms with Gasteiger partial charge in [0.1, 0.15) is 11.5 Å². The van der Waals surface area contributed by atoms with Crippen molar-refractivity contribution in [3.05, 3.63) is 46.5 Å². The maximum Gasteiger partial charge on any atom is 0.139 e. The largest absolute Gasteiger partial charge is 0.506 e. The Labute approximate surface area is 189 Å². The fourth-order valence-corrected chi connectivity index (χ4v) is 3.69. The molecule has 3 heteroatoms. The van der Waals surface area contributed by atoms with Gasteiger partial charge in [-0.15, -0.1) is 0 Å². The van der Waals surface area contributed by atoms with E-state index in [1.54, 1.807) is 0 Å². The lowest BCUT2D eigenvalue weighted by atomic mass is 9.78. The highest BCUT2D eigenvalue weighted by Gasteiger charge is 2.29. The minimum absolute atomic E-state index is 0.0803. The van der Waals surface area contributed by atoms with Gasteiger partial charge in [-0.05, 0) is 56.0 Å². The Bertz CT molecular complexity index is 879. The first kappa shape index (κ1) is 25.1. The number of aromatic hydroxyl groups is 2. The average Bonchev–Trinajstić information content (AvgIpc) is 2.53. The fourth-order valence-electron chi connectivity index (χ4n) is 3.69. The number of phenolic OH excluding ortho intramolecular Hbond substituents is 2. The van der Waals surface area contributed by atoms with E-state index < -0.39 is 0 Å². The van der Waals surface area contributed by atoms with Crippen molar-refractivity contribution in [2.45, 2.75) is 105 Å². The van der Waals surface area contributed by atoms with E-state index >= 15 is 0 Å². The van der Waals surface area contributed by atoms with Crippen LogP contribution in [0.15, 0.2) is 24.3 Å². The van der Waals surface area contributed by atoms with Crippen LogP contribution in [0.3, 0.4) is 0 Å². The number of hydrogen-bond acceptors (Lipinski definition) is 3. The Kier molecular flexibility index (Phi) is 6.28. The van der Waals surface area contributed by atoms with E-state index in [1.165, 1.54) is 0 Å². The molecule has 31 heavy (non-hydrogen) atoms. The molecule has 172 valence electrons. The van der Waals surface area contributed by atoms with Crippen LogP contribution < -0.4 is 5.32 Å². The van der Waals surface area contributed by atoms with Crippen LogP contribution in [0.5, 0.6) is 11.5 Å².